The molecule has 1 aromatic rings. The summed E-state index contributed by atoms with van der Waals surface area (Å²) < 4.78 is 11.6. The Bertz CT molecular complexity index is 592. The molecule has 2 aliphatic rings. The SMILES string of the molecule is CC(NC1CCCC(C)C1C)C(=O)NCC1COc2ccccc2O1. The second kappa shape index (κ2) is 8.09. The van der Waals surface area contributed by atoms with E-state index in [1.807, 2.05) is 31.2 Å². The van der Waals surface area contributed by atoms with Crippen LogP contribution in [-0.4, -0.2) is 37.2 Å². The number of hydrogen-bond donors (Lipinski definition) is 2. The summed E-state index contributed by atoms with van der Waals surface area (Å²) >= 11 is 0. The lowest BCUT2D eigenvalue weighted by Crippen LogP contribution is -2.52. The molecule has 1 amide bonds. The topological polar surface area (TPSA) is 59.6 Å². The van der Waals surface area contributed by atoms with Gasteiger partial charge >= 0.3 is 0 Å². The van der Waals surface area contributed by atoms with Crippen molar-refractivity contribution in [2.24, 2.45) is 11.8 Å². The Morgan fingerprint density at radius 3 is 2.80 bits per heavy atom. The highest BCUT2D eigenvalue weighted by Crippen LogP contribution is 2.31. The summed E-state index contributed by atoms with van der Waals surface area (Å²) in [6.07, 6.45) is 3.53. The number of para-hydroxylation sites is 2. The molecule has 1 saturated carbocycles. The van der Waals surface area contributed by atoms with E-state index in [0.717, 1.165) is 23.8 Å². The zero-order chi connectivity index (χ0) is 17.8. The number of carbonyl (C=O) groups is 1. The fourth-order valence-corrected chi connectivity index (χ4v) is 3.75. The van der Waals surface area contributed by atoms with E-state index in [2.05, 4.69) is 24.5 Å². The van der Waals surface area contributed by atoms with Gasteiger partial charge in [-0.3, -0.25) is 4.79 Å². The molecule has 0 aromatic heterocycles. The van der Waals surface area contributed by atoms with Crippen LogP contribution in [0.5, 0.6) is 11.5 Å². The first kappa shape index (κ1) is 18.1. The van der Waals surface area contributed by atoms with E-state index in [1.54, 1.807) is 0 Å². The zero-order valence-electron chi connectivity index (χ0n) is 15.5. The number of ether oxygens (including phenoxy) is 2. The molecule has 5 heteroatoms. The van der Waals surface area contributed by atoms with Gasteiger partial charge < -0.3 is 20.1 Å². The fraction of sp³-hybridized carbons (Fsp3) is 0.650. The monoisotopic (exact) mass is 346 g/mol. The zero-order valence-corrected chi connectivity index (χ0v) is 15.5. The molecular weight excluding hydrogens is 316 g/mol. The molecule has 0 saturated heterocycles. The molecule has 1 aliphatic heterocycles. The Morgan fingerprint density at radius 2 is 2.00 bits per heavy atom. The minimum absolute atomic E-state index is 0.0212. The predicted octanol–water partition coefficient (Wildman–Crippen LogP) is 2.75. The summed E-state index contributed by atoms with van der Waals surface area (Å²) in [7, 11) is 0. The molecule has 5 nitrogen and oxygen atoms in total. The second-order valence-electron chi connectivity index (χ2n) is 7.50. The standard InChI is InChI=1S/C20H30N2O3/c1-13-7-6-8-17(14(13)2)22-15(3)20(23)21-11-16-12-24-18-9-4-5-10-19(18)25-16/h4-5,9-10,13-17,22H,6-8,11-12H2,1-3H3,(H,21,23). The number of fused-ring (bicyclic) bond motifs is 1. The van der Waals surface area contributed by atoms with Gasteiger partial charge in [-0.05, 0) is 37.3 Å². The van der Waals surface area contributed by atoms with Crippen LogP contribution in [0.2, 0.25) is 0 Å². The molecule has 5 unspecified atom stereocenters. The van der Waals surface area contributed by atoms with E-state index in [4.69, 9.17) is 9.47 Å². The number of hydrogen-bond acceptors (Lipinski definition) is 4. The smallest absolute Gasteiger partial charge is 0.236 e. The third kappa shape index (κ3) is 4.46. The van der Waals surface area contributed by atoms with Gasteiger partial charge in [0.2, 0.25) is 5.91 Å². The van der Waals surface area contributed by atoms with Crippen molar-refractivity contribution in [1.82, 2.24) is 10.6 Å². The van der Waals surface area contributed by atoms with Crippen LogP contribution in [0.1, 0.15) is 40.0 Å². The molecule has 3 rings (SSSR count). The number of amides is 1. The van der Waals surface area contributed by atoms with E-state index < -0.39 is 0 Å². The van der Waals surface area contributed by atoms with Crippen molar-refractivity contribution in [3.63, 3.8) is 0 Å². The van der Waals surface area contributed by atoms with Gasteiger partial charge in [0.05, 0.1) is 12.6 Å². The van der Waals surface area contributed by atoms with E-state index in [1.165, 1.54) is 12.8 Å². The largest absolute Gasteiger partial charge is 0.486 e. The first-order chi connectivity index (χ1) is 12.0. The van der Waals surface area contributed by atoms with E-state index in [9.17, 15) is 4.79 Å². The molecule has 0 radical (unpaired) electrons. The van der Waals surface area contributed by atoms with Gasteiger partial charge in [-0.15, -0.1) is 0 Å². The minimum atomic E-state index is -0.199. The van der Waals surface area contributed by atoms with Crippen LogP contribution in [0, 0.1) is 11.8 Å². The Balaban J connectivity index is 1.45. The van der Waals surface area contributed by atoms with E-state index in [-0.39, 0.29) is 18.1 Å². The van der Waals surface area contributed by atoms with Crippen LogP contribution >= 0.6 is 0 Å². The van der Waals surface area contributed by atoms with Crippen molar-refractivity contribution < 1.29 is 14.3 Å². The maximum absolute atomic E-state index is 12.4. The lowest BCUT2D eigenvalue weighted by molar-refractivity contribution is -0.123. The second-order valence-corrected chi connectivity index (χ2v) is 7.50. The van der Waals surface area contributed by atoms with Gasteiger partial charge in [0.1, 0.15) is 12.7 Å². The van der Waals surface area contributed by atoms with Gasteiger partial charge in [0.25, 0.3) is 0 Å². The van der Waals surface area contributed by atoms with Crippen molar-refractivity contribution in [2.75, 3.05) is 13.2 Å². The third-order valence-electron chi connectivity index (χ3n) is 5.64. The summed E-state index contributed by atoms with van der Waals surface area (Å²) in [6.45, 7) is 7.44. The average molecular weight is 346 g/mol. The van der Waals surface area contributed by atoms with E-state index in [0.29, 0.717) is 25.1 Å². The summed E-state index contributed by atoms with van der Waals surface area (Å²) in [5, 5.41) is 6.51. The average Bonchev–Trinajstić information content (AvgIpc) is 2.63. The summed E-state index contributed by atoms with van der Waals surface area (Å²) in [4.78, 5) is 12.4. The van der Waals surface area contributed by atoms with Gasteiger partial charge in [-0.2, -0.15) is 0 Å². The van der Waals surface area contributed by atoms with Crippen LogP contribution in [0.25, 0.3) is 0 Å². The molecule has 0 spiro atoms. The quantitative estimate of drug-likeness (QED) is 0.861. The van der Waals surface area contributed by atoms with Crippen molar-refractivity contribution in [1.29, 1.82) is 0 Å². The molecule has 2 N–H and O–H groups in total. The van der Waals surface area contributed by atoms with Crippen molar-refractivity contribution >= 4 is 5.91 Å². The van der Waals surface area contributed by atoms with Gasteiger partial charge in [-0.1, -0.05) is 38.8 Å². The Morgan fingerprint density at radius 1 is 1.24 bits per heavy atom. The van der Waals surface area contributed by atoms with Crippen LogP contribution in [0.3, 0.4) is 0 Å². The Kier molecular flexibility index (Phi) is 5.84. The molecule has 1 aliphatic carbocycles. The van der Waals surface area contributed by atoms with Gasteiger partial charge in [0, 0.05) is 6.04 Å². The highest BCUT2D eigenvalue weighted by Gasteiger charge is 2.29. The van der Waals surface area contributed by atoms with Crippen molar-refractivity contribution in [3.05, 3.63) is 24.3 Å². The highest BCUT2D eigenvalue weighted by atomic mass is 16.6. The van der Waals surface area contributed by atoms with Crippen LogP contribution in [0.4, 0.5) is 0 Å². The molecule has 5 atom stereocenters. The lowest BCUT2D eigenvalue weighted by atomic mass is 9.78. The van der Waals surface area contributed by atoms with Crippen LogP contribution in [-0.2, 0) is 4.79 Å². The predicted molar refractivity (Wildman–Crippen MR) is 97.9 cm³/mol. The molecule has 1 aromatic carbocycles. The van der Waals surface area contributed by atoms with Crippen molar-refractivity contribution in [2.45, 2.75) is 58.2 Å². The molecule has 1 fully saturated rings. The summed E-state index contributed by atoms with van der Waals surface area (Å²) in [6, 6.07) is 7.84. The van der Waals surface area contributed by atoms with Gasteiger partial charge in [0.15, 0.2) is 11.5 Å². The molecule has 0 bridgehead atoms. The Labute approximate surface area is 150 Å². The first-order valence-corrected chi connectivity index (χ1v) is 9.47. The van der Waals surface area contributed by atoms with Crippen molar-refractivity contribution in [3.8, 4) is 11.5 Å². The normalized spacial score (nSPS) is 29.7. The summed E-state index contributed by atoms with van der Waals surface area (Å²) in [5.41, 5.74) is 0. The Hall–Kier alpha value is -1.75. The minimum Gasteiger partial charge on any atom is -0.486 e. The number of rotatable bonds is 5. The fourth-order valence-electron chi connectivity index (χ4n) is 3.75. The first-order valence-electron chi connectivity index (χ1n) is 9.47. The third-order valence-corrected chi connectivity index (χ3v) is 5.64. The molecular formula is C20H30N2O3. The number of benzene rings is 1. The maximum atomic E-state index is 12.4. The molecule has 1 heterocycles. The number of nitrogens with one attached hydrogen (secondary N) is 2. The molecule has 138 valence electrons. The van der Waals surface area contributed by atoms with Crippen LogP contribution in [0.15, 0.2) is 24.3 Å². The highest BCUT2D eigenvalue weighted by molar-refractivity contribution is 5.81. The van der Waals surface area contributed by atoms with E-state index >= 15 is 0 Å². The maximum Gasteiger partial charge on any atom is 0.236 e. The number of carbonyl (C=O) groups excluding carboxylic acids is 1. The molecule has 25 heavy (non-hydrogen) atoms. The lowest BCUT2D eigenvalue weighted by Gasteiger charge is -2.36. The van der Waals surface area contributed by atoms with Crippen LogP contribution < -0.4 is 20.1 Å². The summed E-state index contributed by atoms with van der Waals surface area (Å²) in [5.74, 6) is 2.85. The van der Waals surface area contributed by atoms with Gasteiger partial charge in [-0.25, -0.2) is 0 Å².